The van der Waals surface area contributed by atoms with E-state index in [-0.39, 0.29) is 36.6 Å². The van der Waals surface area contributed by atoms with Crippen LogP contribution in [0.2, 0.25) is 0 Å². The fourth-order valence-corrected chi connectivity index (χ4v) is 4.34. The first-order valence-corrected chi connectivity index (χ1v) is 11.8. The molecule has 0 aromatic heterocycles. The molecule has 1 saturated heterocycles. The number of benzene rings is 2. The molecule has 9 heteroatoms. The van der Waals surface area contributed by atoms with E-state index in [1.807, 2.05) is 24.0 Å². The number of Topliss-reactive ketones (excluding diaryl/α,β-unsaturated/α-hetero) is 1. The number of methoxy groups -OCH3 is 1. The molecule has 0 aliphatic carbocycles. The molecule has 2 aliphatic heterocycles. The van der Waals surface area contributed by atoms with Gasteiger partial charge in [0.25, 0.3) is 0 Å². The van der Waals surface area contributed by atoms with Crippen LogP contribution in [0.15, 0.2) is 36.4 Å². The summed E-state index contributed by atoms with van der Waals surface area (Å²) in [7, 11) is 1.54. The minimum absolute atomic E-state index is 0.0908. The highest BCUT2D eigenvalue weighted by molar-refractivity contribution is 5.98. The zero-order valence-corrected chi connectivity index (χ0v) is 20.1. The normalized spacial score (nSPS) is 15.8. The lowest BCUT2D eigenvalue weighted by molar-refractivity contribution is -0.125. The van der Waals surface area contributed by atoms with Crippen LogP contribution in [0.5, 0.6) is 17.2 Å². The van der Waals surface area contributed by atoms with Gasteiger partial charge in [-0.25, -0.2) is 0 Å². The van der Waals surface area contributed by atoms with Crippen molar-refractivity contribution in [1.29, 1.82) is 0 Å². The van der Waals surface area contributed by atoms with E-state index < -0.39 is 0 Å². The smallest absolute Gasteiger partial charge is 0.243 e. The molecule has 1 fully saturated rings. The van der Waals surface area contributed by atoms with Crippen LogP contribution < -0.4 is 24.8 Å². The summed E-state index contributed by atoms with van der Waals surface area (Å²) in [5.41, 5.74) is 2.18. The number of likely N-dealkylation sites (tertiary alicyclic amines) is 1. The molecule has 0 bridgehead atoms. The SMILES string of the molecule is COc1ccc(C)cc1NC(=O)CNC(=O)CN1CCC(C(=O)c2ccc3c(c2)OCCO3)CC1. The molecule has 0 spiro atoms. The van der Waals surface area contributed by atoms with Crippen molar-refractivity contribution in [3.63, 3.8) is 0 Å². The minimum atomic E-state index is -0.328. The molecule has 2 aromatic carbocycles. The number of rotatable bonds is 8. The number of carbonyl (C=O) groups excluding carboxylic acids is 3. The summed E-state index contributed by atoms with van der Waals surface area (Å²) < 4.78 is 16.4. The number of hydrogen-bond donors (Lipinski definition) is 2. The number of aryl methyl sites for hydroxylation is 1. The second-order valence-electron chi connectivity index (χ2n) is 8.80. The van der Waals surface area contributed by atoms with Gasteiger partial charge in [0.1, 0.15) is 19.0 Å². The van der Waals surface area contributed by atoms with Gasteiger partial charge >= 0.3 is 0 Å². The van der Waals surface area contributed by atoms with Crippen LogP contribution in [-0.4, -0.2) is 69.0 Å². The molecule has 35 heavy (non-hydrogen) atoms. The van der Waals surface area contributed by atoms with Gasteiger partial charge in [-0.2, -0.15) is 0 Å². The van der Waals surface area contributed by atoms with E-state index in [0.29, 0.717) is 67.6 Å². The maximum absolute atomic E-state index is 13.0. The predicted octanol–water partition coefficient (Wildman–Crippen LogP) is 2.42. The first-order chi connectivity index (χ1) is 16.9. The zero-order valence-electron chi connectivity index (χ0n) is 20.1. The Morgan fingerprint density at radius 3 is 2.49 bits per heavy atom. The monoisotopic (exact) mass is 481 g/mol. The summed E-state index contributed by atoms with van der Waals surface area (Å²) in [5.74, 6) is 1.28. The van der Waals surface area contributed by atoms with Crippen LogP contribution in [-0.2, 0) is 9.59 Å². The number of nitrogens with one attached hydrogen (secondary N) is 2. The van der Waals surface area contributed by atoms with Crippen molar-refractivity contribution in [3.05, 3.63) is 47.5 Å². The fourth-order valence-electron chi connectivity index (χ4n) is 4.34. The van der Waals surface area contributed by atoms with Crippen molar-refractivity contribution in [2.45, 2.75) is 19.8 Å². The Morgan fingerprint density at radius 1 is 1.00 bits per heavy atom. The summed E-state index contributed by atoms with van der Waals surface area (Å²) in [6.45, 7) is 4.25. The van der Waals surface area contributed by atoms with Gasteiger partial charge in [-0.05, 0) is 68.8 Å². The van der Waals surface area contributed by atoms with Crippen LogP contribution in [0.3, 0.4) is 0 Å². The highest BCUT2D eigenvalue weighted by Crippen LogP contribution is 2.32. The van der Waals surface area contributed by atoms with Crippen LogP contribution >= 0.6 is 0 Å². The van der Waals surface area contributed by atoms with E-state index in [4.69, 9.17) is 14.2 Å². The summed E-state index contributed by atoms with van der Waals surface area (Å²) in [6.07, 6.45) is 1.35. The lowest BCUT2D eigenvalue weighted by atomic mass is 9.88. The van der Waals surface area contributed by atoms with E-state index >= 15 is 0 Å². The molecule has 186 valence electrons. The summed E-state index contributed by atoms with van der Waals surface area (Å²) in [6, 6.07) is 10.8. The van der Waals surface area contributed by atoms with Crippen molar-refractivity contribution in [2.75, 3.05) is 51.8 Å². The van der Waals surface area contributed by atoms with E-state index in [2.05, 4.69) is 10.6 Å². The van der Waals surface area contributed by atoms with Crippen LogP contribution in [0.4, 0.5) is 5.69 Å². The van der Waals surface area contributed by atoms with Gasteiger partial charge in [-0.15, -0.1) is 0 Å². The van der Waals surface area contributed by atoms with Gasteiger partial charge in [-0.1, -0.05) is 6.07 Å². The largest absolute Gasteiger partial charge is 0.495 e. The van der Waals surface area contributed by atoms with Crippen molar-refractivity contribution >= 4 is 23.3 Å². The number of hydrogen-bond acceptors (Lipinski definition) is 7. The number of amides is 2. The molecule has 2 amide bonds. The lowest BCUT2D eigenvalue weighted by Gasteiger charge is -2.30. The number of carbonyl (C=O) groups is 3. The Kier molecular flexibility index (Phi) is 7.87. The van der Waals surface area contributed by atoms with Crippen LogP contribution in [0, 0.1) is 12.8 Å². The topological polar surface area (TPSA) is 106 Å². The first-order valence-electron chi connectivity index (χ1n) is 11.8. The number of piperidine rings is 1. The summed E-state index contributed by atoms with van der Waals surface area (Å²) >= 11 is 0. The predicted molar refractivity (Wildman–Crippen MR) is 130 cm³/mol. The average Bonchev–Trinajstić information content (AvgIpc) is 2.87. The molecule has 2 heterocycles. The molecule has 0 unspecified atom stereocenters. The standard InChI is InChI=1S/C26H31N3O6/c1-17-3-5-21(33-2)20(13-17)28-24(30)15-27-25(31)16-29-9-7-18(8-10-29)26(32)19-4-6-22-23(14-19)35-12-11-34-22/h3-6,13-14,18H,7-12,15-16H2,1-2H3,(H,27,31)(H,28,30). The second-order valence-corrected chi connectivity index (χ2v) is 8.80. The Hall–Kier alpha value is -3.59. The first kappa shape index (κ1) is 24.5. The third-order valence-corrected chi connectivity index (χ3v) is 6.23. The number of fused-ring (bicyclic) bond motifs is 1. The number of ketones is 1. The van der Waals surface area contributed by atoms with E-state index in [9.17, 15) is 14.4 Å². The molecule has 0 saturated carbocycles. The zero-order chi connectivity index (χ0) is 24.8. The van der Waals surface area contributed by atoms with E-state index in [1.54, 1.807) is 24.3 Å². The van der Waals surface area contributed by atoms with E-state index in [0.717, 1.165) is 5.56 Å². The minimum Gasteiger partial charge on any atom is -0.495 e. The molecular weight excluding hydrogens is 450 g/mol. The number of anilines is 1. The van der Waals surface area contributed by atoms with Gasteiger partial charge in [0.15, 0.2) is 17.3 Å². The lowest BCUT2D eigenvalue weighted by Crippen LogP contribution is -2.44. The molecule has 0 radical (unpaired) electrons. The van der Waals surface area contributed by atoms with Crippen molar-refractivity contribution in [2.24, 2.45) is 5.92 Å². The quantitative estimate of drug-likeness (QED) is 0.558. The van der Waals surface area contributed by atoms with Crippen LogP contribution in [0.1, 0.15) is 28.8 Å². The van der Waals surface area contributed by atoms with E-state index in [1.165, 1.54) is 7.11 Å². The highest BCUT2D eigenvalue weighted by atomic mass is 16.6. The fraction of sp³-hybridized carbons (Fsp3) is 0.423. The van der Waals surface area contributed by atoms with Crippen molar-refractivity contribution < 1.29 is 28.6 Å². The molecule has 9 nitrogen and oxygen atoms in total. The average molecular weight is 482 g/mol. The van der Waals surface area contributed by atoms with Crippen molar-refractivity contribution in [3.8, 4) is 17.2 Å². The molecule has 2 N–H and O–H groups in total. The maximum atomic E-state index is 13.0. The summed E-state index contributed by atoms with van der Waals surface area (Å²) in [4.78, 5) is 39.6. The maximum Gasteiger partial charge on any atom is 0.243 e. The second kappa shape index (κ2) is 11.2. The molecule has 2 aromatic rings. The Morgan fingerprint density at radius 2 is 1.74 bits per heavy atom. The Labute approximate surface area is 204 Å². The van der Waals surface area contributed by atoms with Gasteiger partial charge < -0.3 is 24.8 Å². The Balaban J connectivity index is 1.20. The highest BCUT2D eigenvalue weighted by Gasteiger charge is 2.27. The molecular formula is C26H31N3O6. The third kappa shape index (κ3) is 6.30. The number of nitrogens with zero attached hydrogens (tertiary/aromatic N) is 1. The van der Waals surface area contributed by atoms with Gasteiger partial charge in [0.2, 0.25) is 11.8 Å². The van der Waals surface area contributed by atoms with Gasteiger partial charge in [0.05, 0.1) is 25.9 Å². The number of ether oxygens (including phenoxy) is 3. The molecule has 2 aliphatic rings. The van der Waals surface area contributed by atoms with Gasteiger partial charge in [0, 0.05) is 11.5 Å². The van der Waals surface area contributed by atoms with Crippen LogP contribution in [0.25, 0.3) is 0 Å². The Bertz CT molecular complexity index is 1090. The van der Waals surface area contributed by atoms with Gasteiger partial charge in [-0.3, -0.25) is 19.3 Å². The van der Waals surface area contributed by atoms with Crippen molar-refractivity contribution in [1.82, 2.24) is 10.2 Å². The summed E-state index contributed by atoms with van der Waals surface area (Å²) in [5, 5.41) is 5.43. The molecule has 0 atom stereocenters. The molecule has 4 rings (SSSR count). The third-order valence-electron chi connectivity index (χ3n) is 6.23.